The second-order valence-corrected chi connectivity index (χ2v) is 13.5. The summed E-state index contributed by atoms with van der Waals surface area (Å²) in [6.45, 7) is 6.19. The van der Waals surface area contributed by atoms with Gasteiger partial charge in [-0.25, -0.2) is 27.7 Å². The number of ketones is 1. The monoisotopic (exact) mass is 578 g/mol. The number of carbonyl (C=O) groups is 1. The fraction of sp³-hybridized carbons (Fsp3) is 0.542. The average molecular weight is 580 g/mol. The lowest BCUT2D eigenvalue weighted by Gasteiger charge is -2.44. The van der Waals surface area contributed by atoms with Crippen molar-refractivity contribution in [2.45, 2.75) is 63.2 Å². The number of carbonyl (C=O) groups excluding carboxylic acids is 1. The minimum absolute atomic E-state index is 0.0533. The van der Waals surface area contributed by atoms with Crippen molar-refractivity contribution >= 4 is 57.4 Å². The van der Waals surface area contributed by atoms with E-state index in [0.29, 0.717) is 38.2 Å². The zero-order chi connectivity index (χ0) is 26.5. The van der Waals surface area contributed by atoms with Gasteiger partial charge in [0, 0.05) is 25.1 Å². The van der Waals surface area contributed by atoms with Crippen molar-refractivity contribution in [3.8, 4) is 0 Å². The maximum atomic E-state index is 14.9. The first-order valence-electron chi connectivity index (χ1n) is 11.6. The van der Waals surface area contributed by atoms with Crippen molar-refractivity contribution in [1.82, 2.24) is 14.7 Å². The SMILES string of the molecule is CC(C)(C)[S@@](=O)NC1C(F)(F)CCC12CCN(c1cnc(C(=O)c3cccc(Cl)c3Cl)c(Cl)n1)CC2. The molecule has 2 atom stereocenters. The van der Waals surface area contributed by atoms with E-state index in [1.165, 1.54) is 12.3 Å². The van der Waals surface area contributed by atoms with E-state index in [1.54, 1.807) is 32.9 Å². The van der Waals surface area contributed by atoms with E-state index in [4.69, 9.17) is 34.8 Å². The molecule has 4 rings (SSSR count). The quantitative estimate of drug-likeness (QED) is 0.433. The Morgan fingerprint density at radius 2 is 1.81 bits per heavy atom. The summed E-state index contributed by atoms with van der Waals surface area (Å²) in [6.07, 6.45) is 2.51. The van der Waals surface area contributed by atoms with E-state index >= 15 is 0 Å². The van der Waals surface area contributed by atoms with Gasteiger partial charge in [0.2, 0.25) is 5.78 Å². The number of hydrogen-bond acceptors (Lipinski definition) is 5. The first-order chi connectivity index (χ1) is 16.7. The fourth-order valence-corrected chi connectivity index (χ4v) is 6.43. The summed E-state index contributed by atoms with van der Waals surface area (Å²) in [5.74, 6) is -2.98. The Kier molecular flexibility index (Phi) is 7.72. The Bertz CT molecular complexity index is 1200. The molecule has 6 nitrogen and oxygen atoms in total. The zero-order valence-corrected chi connectivity index (χ0v) is 23.2. The molecule has 196 valence electrons. The minimum atomic E-state index is -2.93. The number of nitrogens with one attached hydrogen (secondary N) is 1. The van der Waals surface area contributed by atoms with Crippen molar-refractivity contribution in [3.05, 3.63) is 50.9 Å². The van der Waals surface area contributed by atoms with Gasteiger partial charge in [-0.2, -0.15) is 0 Å². The predicted octanol–water partition coefficient (Wildman–Crippen LogP) is 6.10. The number of hydrogen-bond donors (Lipinski definition) is 1. The smallest absolute Gasteiger partial charge is 0.264 e. The molecule has 2 heterocycles. The maximum Gasteiger partial charge on any atom is 0.264 e. The van der Waals surface area contributed by atoms with Gasteiger partial charge in [-0.05, 0) is 57.6 Å². The summed E-state index contributed by atoms with van der Waals surface area (Å²) < 4.78 is 44.5. The molecule has 1 spiro atoms. The number of aromatic nitrogens is 2. The van der Waals surface area contributed by atoms with Crippen LogP contribution in [0.2, 0.25) is 15.2 Å². The zero-order valence-electron chi connectivity index (χ0n) is 20.1. The molecule has 2 fully saturated rings. The van der Waals surface area contributed by atoms with Crippen LogP contribution in [0.15, 0.2) is 24.4 Å². The molecule has 1 N–H and O–H groups in total. The van der Waals surface area contributed by atoms with E-state index in [1.807, 2.05) is 4.90 Å². The largest absolute Gasteiger partial charge is 0.355 e. The number of alkyl halides is 2. The van der Waals surface area contributed by atoms with E-state index in [9.17, 15) is 17.8 Å². The standard InChI is InChI=1S/C24H27Cl3F2N4O2S/c1-22(2,3)36(35)32-21-23(7-8-24(21,28)29)9-11-33(12-10-23)16-13-30-18(20(27)31-16)19(34)14-5-4-6-15(25)17(14)26/h4-6,13,21,32H,7-12H2,1-3H3/t21?,36-/m1/s1. The van der Waals surface area contributed by atoms with E-state index in [0.717, 1.165) is 0 Å². The second kappa shape index (κ2) is 10.1. The van der Waals surface area contributed by atoms with Gasteiger partial charge in [0.05, 0.1) is 38.0 Å². The van der Waals surface area contributed by atoms with Crippen molar-refractivity contribution in [1.29, 1.82) is 0 Å². The molecular formula is C24H27Cl3F2N4O2S. The highest BCUT2D eigenvalue weighted by molar-refractivity contribution is 7.84. The molecule has 1 aromatic heterocycles. The van der Waals surface area contributed by atoms with Crippen LogP contribution in [0.1, 0.15) is 62.5 Å². The van der Waals surface area contributed by atoms with Gasteiger partial charge in [-0.3, -0.25) is 4.79 Å². The molecule has 0 amide bonds. The lowest BCUT2D eigenvalue weighted by atomic mass is 9.74. The average Bonchev–Trinajstić information content (AvgIpc) is 3.05. The van der Waals surface area contributed by atoms with Crippen LogP contribution in [0, 0.1) is 5.41 Å². The normalized spacial score (nSPS) is 22.1. The summed E-state index contributed by atoms with van der Waals surface area (Å²) in [5, 5.41) is 0.264. The van der Waals surface area contributed by atoms with Crippen molar-refractivity contribution < 1.29 is 17.8 Å². The third-order valence-electron chi connectivity index (χ3n) is 6.98. The fourth-order valence-electron chi connectivity index (χ4n) is 4.84. The van der Waals surface area contributed by atoms with Crippen molar-refractivity contribution in [2.24, 2.45) is 5.41 Å². The summed E-state index contributed by atoms with van der Waals surface area (Å²) in [5.41, 5.74) is -0.555. The van der Waals surface area contributed by atoms with Crippen LogP contribution in [-0.2, 0) is 11.0 Å². The Hall–Kier alpha value is -1.39. The maximum absolute atomic E-state index is 14.9. The molecular weight excluding hydrogens is 553 g/mol. The van der Waals surface area contributed by atoms with Crippen LogP contribution < -0.4 is 9.62 Å². The van der Waals surface area contributed by atoms with Gasteiger partial charge in [-0.1, -0.05) is 40.9 Å². The topological polar surface area (TPSA) is 75.2 Å². The summed E-state index contributed by atoms with van der Waals surface area (Å²) >= 11 is 18.5. The number of nitrogens with zero attached hydrogens (tertiary/aromatic N) is 3. The van der Waals surface area contributed by atoms with Crippen LogP contribution in [-0.4, -0.2) is 49.8 Å². The minimum Gasteiger partial charge on any atom is -0.355 e. The van der Waals surface area contributed by atoms with Crippen LogP contribution in [0.4, 0.5) is 14.6 Å². The van der Waals surface area contributed by atoms with Gasteiger partial charge in [0.15, 0.2) is 5.15 Å². The molecule has 0 bridgehead atoms. The number of rotatable bonds is 5. The first kappa shape index (κ1) is 27.6. The molecule has 1 saturated heterocycles. The lowest BCUT2D eigenvalue weighted by molar-refractivity contribution is -0.0339. The number of anilines is 1. The van der Waals surface area contributed by atoms with Gasteiger partial charge in [0.25, 0.3) is 5.92 Å². The predicted molar refractivity (Wildman–Crippen MR) is 140 cm³/mol. The number of halogens is 5. The van der Waals surface area contributed by atoms with Crippen molar-refractivity contribution in [3.63, 3.8) is 0 Å². The van der Waals surface area contributed by atoms with Gasteiger partial charge in [-0.15, -0.1) is 0 Å². The summed E-state index contributed by atoms with van der Waals surface area (Å²) in [4.78, 5) is 23.4. The number of benzene rings is 1. The van der Waals surface area contributed by atoms with Crippen LogP contribution in [0.3, 0.4) is 0 Å². The van der Waals surface area contributed by atoms with E-state index < -0.39 is 38.9 Å². The van der Waals surface area contributed by atoms with Crippen LogP contribution in [0.5, 0.6) is 0 Å². The number of piperidine rings is 1. The summed E-state index contributed by atoms with van der Waals surface area (Å²) in [7, 11) is -1.61. The van der Waals surface area contributed by atoms with Crippen LogP contribution in [0.25, 0.3) is 0 Å². The highest BCUT2D eigenvalue weighted by Gasteiger charge is 2.60. The molecule has 1 aliphatic carbocycles. The highest BCUT2D eigenvalue weighted by atomic mass is 35.5. The Balaban J connectivity index is 1.50. The second-order valence-electron chi connectivity index (χ2n) is 10.3. The molecule has 1 aliphatic heterocycles. The van der Waals surface area contributed by atoms with Gasteiger partial charge in [0.1, 0.15) is 11.5 Å². The molecule has 2 aliphatic rings. The molecule has 36 heavy (non-hydrogen) atoms. The lowest BCUT2D eigenvalue weighted by Crippen LogP contribution is -2.56. The van der Waals surface area contributed by atoms with E-state index in [-0.39, 0.29) is 32.9 Å². The molecule has 1 unspecified atom stereocenters. The van der Waals surface area contributed by atoms with Crippen LogP contribution >= 0.6 is 34.8 Å². The molecule has 2 aromatic rings. The van der Waals surface area contributed by atoms with E-state index in [2.05, 4.69) is 14.7 Å². The third-order valence-corrected chi connectivity index (χ3v) is 9.63. The molecule has 1 saturated carbocycles. The van der Waals surface area contributed by atoms with Gasteiger partial charge >= 0.3 is 0 Å². The summed E-state index contributed by atoms with van der Waals surface area (Å²) in [6, 6.07) is 3.54. The Morgan fingerprint density at radius 3 is 2.42 bits per heavy atom. The first-order valence-corrected chi connectivity index (χ1v) is 13.9. The molecule has 12 heteroatoms. The Labute approximate surface area is 226 Å². The molecule has 1 aromatic carbocycles. The Morgan fingerprint density at radius 1 is 1.14 bits per heavy atom. The third kappa shape index (κ3) is 5.27. The van der Waals surface area contributed by atoms with Crippen molar-refractivity contribution in [2.75, 3.05) is 18.0 Å². The highest BCUT2D eigenvalue weighted by Crippen LogP contribution is 2.53. The van der Waals surface area contributed by atoms with Gasteiger partial charge < -0.3 is 4.90 Å². The molecule has 0 radical (unpaired) electrons.